The molecule has 0 radical (unpaired) electrons. The van der Waals surface area contributed by atoms with Crippen molar-refractivity contribution < 1.29 is 4.79 Å². The van der Waals surface area contributed by atoms with Crippen LogP contribution in [0.25, 0.3) is 0 Å². The second kappa shape index (κ2) is 6.96. The average Bonchev–Trinajstić information content (AvgIpc) is 2.59. The Morgan fingerprint density at radius 3 is 2.17 bits per heavy atom. The fourth-order valence-electron chi connectivity index (χ4n) is 2.40. The number of amides is 1. The van der Waals surface area contributed by atoms with E-state index < -0.39 is 0 Å². The fraction of sp³-hybridized carbons (Fsp3) is 0.100. The summed E-state index contributed by atoms with van der Waals surface area (Å²) in [4.78, 5) is 16.6. The molecule has 0 spiro atoms. The quantitative estimate of drug-likeness (QED) is 0.733. The van der Waals surface area contributed by atoms with E-state index in [0.717, 1.165) is 28.2 Å². The number of benzene rings is 2. The van der Waals surface area contributed by atoms with Gasteiger partial charge in [0.25, 0.3) is 5.91 Å². The van der Waals surface area contributed by atoms with E-state index in [-0.39, 0.29) is 5.91 Å². The molecule has 3 aromatic rings. The third kappa shape index (κ3) is 3.60. The summed E-state index contributed by atoms with van der Waals surface area (Å²) in [7, 11) is 0. The molecule has 0 saturated heterocycles. The van der Waals surface area contributed by atoms with Gasteiger partial charge in [-0.3, -0.25) is 9.78 Å². The van der Waals surface area contributed by atoms with Crippen LogP contribution in [-0.2, 0) is 0 Å². The molecule has 3 rings (SSSR count). The summed E-state index contributed by atoms with van der Waals surface area (Å²) < 4.78 is 0. The molecule has 2 aromatic carbocycles. The Bertz CT molecular complexity index is 874. The molecular formula is C20H19N3O. The van der Waals surface area contributed by atoms with Gasteiger partial charge in [0.2, 0.25) is 0 Å². The van der Waals surface area contributed by atoms with Crippen molar-refractivity contribution in [2.75, 3.05) is 10.6 Å². The molecule has 1 amide bonds. The van der Waals surface area contributed by atoms with Gasteiger partial charge in [-0.15, -0.1) is 0 Å². The van der Waals surface area contributed by atoms with Crippen molar-refractivity contribution in [2.24, 2.45) is 0 Å². The van der Waals surface area contributed by atoms with Crippen LogP contribution < -0.4 is 10.6 Å². The van der Waals surface area contributed by atoms with Crippen LogP contribution in [0.4, 0.5) is 17.1 Å². The summed E-state index contributed by atoms with van der Waals surface area (Å²) in [6.07, 6.45) is 1.63. The minimum absolute atomic E-state index is 0.224. The van der Waals surface area contributed by atoms with E-state index in [1.165, 1.54) is 0 Å². The molecule has 0 saturated carbocycles. The monoisotopic (exact) mass is 317 g/mol. The lowest BCUT2D eigenvalue weighted by atomic mass is 10.2. The van der Waals surface area contributed by atoms with E-state index in [1.807, 2.05) is 68.4 Å². The highest BCUT2D eigenvalue weighted by molar-refractivity contribution is 6.03. The molecule has 0 unspecified atom stereocenters. The molecule has 120 valence electrons. The number of carbonyl (C=O) groups excluding carboxylic acids is 1. The zero-order chi connectivity index (χ0) is 16.9. The minimum Gasteiger partial charge on any atom is -0.355 e. The number of aryl methyl sites for hydroxylation is 2. The first-order valence-electron chi connectivity index (χ1n) is 7.79. The van der Waals surface area contributed by atoms with Gasteiger partial charge in [0, 0.05) is 23.3 Å². The van der Waals surface area contributed by atoms with Crippen molar-refractivity contribution in [1.82, 2.24) is 4.98 Å². The smallest absolute Gasteiger partial charge is 0.274 e. The molecule has 0 atom stereocenters. The van der Waals surface area contributed by atoms with Crippen molar-refractivity contribution >= 4 is 23.0 Å². The lowest BCUT2D eigenvalue weighted by Crippen LogP contribution is -2.14. The molecule has 0 aliphatic carbocycles. The first kappa shape index (κ1) is 15.7. The number of hydrogen-bond acceptors (Lipinski definition) is 3. The molecule has 1 aromatic heterocycles. The Kier molecular flexibility index (Phi) is 4.57. The van der Waals surface area contributed by atoms with Crippen LogP contribution in [0.1, 0.15) is 21.6 Å². The average molecular weight is 317 g/mol. The number of pyridine rings is 1. The van der Waals surface area contributed by atoms with E-state index in [1.54, 1.807) is 12.3 Å². The standard InChI is InChI=1S/C20H19N3O/c1-14-7-3-5-9-17(14)22-16-11-12-21-19(13-16)20(24)23-18-10-6-4-8-15(18)2/h3-13H,1-2H3,(H,21,22)(H,23,24). The zero-order valence-corrected chi connectivity index (χ0v) is 13.7. The number of anilines is 3. The van der Waals surface area contributed by atoms with E-state index in [2.05, 4.69) is 15.6 Å². The van der Waals surface area contributed by atoms with E-state index in [4.69, 9.17) is 0 Å². The molecule has 0 aliphatic heterocycles. The third-order valence-electron chi connectivity index (χ3n) is 3.81. The number of aromatic nitrogens is 1. The van der Waals surface area contributed by atoms with Gasteiger partial charge in [-0.2, -0.15) is 0 Å². The Balaban J connectivity index is 1.79. The van der Waals surface area contributed by atoms with Crippen molar-refractivity contribution in [3.05, 3.63) is 83.7 Å². The van der Waals surface area contributed by atoms with Crippen molar-refractivity contribution in [2.45, 2.75) is 13.8 Å². The van der Waals surface area contributed by atoms with Gasteiger partial charge in [0.05, 0.1) is 0 Å². The number of nitrogens with one attached hydrogen (secondary N) is 2. The maximum atomic E-state index is 12.4. The van der Waals surface area contributed by atoms with Crippen molar-refractivity contribution in [1.29, 1.82) is 0 Å². The second-order valence-corrected chi connectivity index (χ2v) is 5.64. The van der Waals surface area contributed by atoms with Gasteiger partial charge in [-0.25, -0.2) is 0 Å². The summed E-state index contributed by atoms with van der Waals surface area (Å²) in [6, 6.07) is 19.3. The molecule has 24 heavy (non-hydrogen) atoms. The van der Waals surface area contributed by atoms with E-state index >= 15 is 0 Å². The van der Waals surface area contributed by atoms with Crippen molar-refractivity contribution in [3.63, 3.8) is 0 Å². The summed E-state index contributed by atoms with van der Waals surface area (Å²) in [5.74, 6) is -0.224. The lowest BCUT2D eigenvalue weighted by molar-refractivity contribution is 0.102. The van der Waals surface area contributed by atoms with Gasteiger partial charge >= 0.3 is 0 Å². The maximum Gasteiger partial charge on any atom is 0.274 e. The SMILES string of the molecule is Cc1ccccc1NC(=O)c1cc(Nc2ccccc2C)ccn1. The first-order valence-corrected chi connectivity index (χ1v) is 7.79. The molecular weight excluding hydrogens is 298 g/mol. The van der Waals surface area contributed by atoms with Gasteiger partial charge in [0.1, 0.15) is 5.69 Å². The third-order valence-corrected chi connectivity index (χ3v) is 3.81. The maximum absolute atomic E-state index is 12.4. The highest BCUT2D eigenvalue weighted by atomic mass is 16.1. The summed E-state index contributed by atoms with van der Waals surface area (Å²) in [5.41, 5.74) is 5.15. The van der Waals surface area contributed by atoms with Gasteiger partial charge in [-0.1, -0.05) is 36.4 Å². The predicted octanol–water partition coefficient (Wildman–Crippen LogP) is 4.69. The van der Waals surface area contributed by atoms with Crippen LogP contribution in [0.2, 0.25) is 0 Å². The highest BCUT2D eigenvalue weighted by Crippen LogP contribution is 2.21. The van der Waals surface area contributed by atoms with Crippen LogP contribution >= 0.6 is 0 Å². The number of carbonyl (C=O) groups is 1. The Morgan fingerprint density at radius 2 is 1.50 bits per heavy atom. The molecule has 4 nitrogen and oxygen atoms in total. The van der Waals surface area contributed by atoms with Crippen LogP contribution in [0.15, 0.2) is 66.9 Å². The minimum atomic E-state index is -0.224. The Labute approximate surface area is 141 Å². The fourth-order valence-corrected chi connectivity index (χ4v) is 2.40. The van der Waals surface area contributed by atoms with Gasteiger partial charge < -0.3 is 10.6 Å². The van der Waals surface area contributed by atoms with E-state index in [9.17, 15) is 4.79 Å². The number of para-hydroxylation sites is 2. The van der Waals surface area contributed by atoms with Crippen LogP contribution in [-0.4, -0.2) is 10.9 Å². The summed E-state index contributed by atoms with van der Waals surface area (Å²) in [6.45, 7) is 3.99. The van der Waals surface area contributed by atoms with Crippen LogP contribution in [0.5, 0.6) is 0 Å². The van der Waals surface area contributed by atoms with Gasteiger partial charge in [-0.05, 0) is 49.2 Å². The summed E-state index contributed by atoms with van der Waals surface area (Å²) >= 11 is 0. The predicted molar refractivity (Wildman–Crippen MR) is 97.8 cm³/mol. The Hall–Kier alpha value is -3.14. The molecule has 0 bridgehead atoms. The highest BCUT2D eigenvalue weighted by Gasteiger charge is 2.10. The van der Waals surface area contributed by atoms with Crippen molar-refractivity contribution in [3.8, 4) is 0 Å². The Morgan fingerprint density at radius 1 is 0.875 bits per heavy atom. The number of hydrogen-bond donors (Lipinski definition) is 2. The van der Waals surface area contributed by atoms with E-state index in [0.29, 0.717) is 5.69 Å². The lowest BCUT2D eigenvalue weighted by Gasteiger charge is -2.11. The first-order chi connectivity index (χ1) is 11.6. The van der Waals surface area contributed by atoms with Gasteiger partial charge in [0.15, 0.2) is 0 Å². The zero-order valence-electron chi connectivity index (χ0n) is 13.7. The number of rotatable bonds is 4. The second-order valence-electron chi connectivity index (χ2n) is 5.64. The normalized spacial score (nSPS) is 10.2. The largest absolute Gasteiger partial charge is 0.355 e. The molecule has 0 aliphatic rings. The topological polar surface area (TPSA) is 54.0 Å². The summed E-state index contributed by atoms with van der Waals surface area (Å²) in [5, 5.41) is 6.22. The number of nitrogens with zero attached hydrogens (tertiary/aromatic N) is 1. The van der Waals surface area contributed by atoms with Crippen LogP contribution in [0.3, 0.4) is 0 Å². The van der Waals surface area contributed by atoms with Crippen LogP contribution in [0, 0.1) is 13.8 Å². The molecule has 1 heterocycles. The molecule has 2 N–H and O–H groups in total. The molecule has 4 heteroatoms. The molecule has 0 fully saturated rings.